The number of rotatable bonds is 8. The van der Waals surface area contributed by atoms with Crippen LogP contribution in [0.25, 0.3) is 0 Å². The number of urea groups is 1. The second-order valence-electron chi connectivity index (χ2n) is 9.24. The van der Waals surface area contributed by atoms with Gasteiger partial charge in [0.25, 0.3) is 0 Å². The van der Waals surface area contributed by atoms with Gasteiger partial charge in [0, 0.05) is 63.0 Å². The van der Waals surface area contributed by atoms with Crippen molar-refractivity contribution < 1.29 is 28.6 Å². The summed E-state index contributed by atoms with van der Waals surface area (Å²) in [5.74, 6) is 0.686. The lowest BCUT2D eigenvalue weighted by Gasteiger charge is -2.37. The van der Waals surface area contributed by atoms with E-state index in [0.29, 0.717) is 54.5 Å². The van der Waals surface area contributed by atoms with Crippen LogP contribution in [0.15, 0.2) is 29.5 Å². The maximum atomic E-state index is 13.3. The number of nitrogens with one attached hydrogen (secondary N) is 1. The van der Waals surface area contributed by atoms with E-state index in [0.717, 1.165) is 13.0 Å². The fourth-order valence-corrected chi connectivity index (χ4v) is 4.61. The van der Waals surface area contributed by atoms with Gasteiger partial charge in [-0.3, -0.25) is 14.6 Å². The molecule has 36 heavy (non-hydrogen) atoms. The normalized spacial score (nSPS) is 19.2. The van der Waals surface area contributed by atoms with Gasteiger partial charge in [0.15, 0.2) is 0 Å². The molecule has 1 atom stereocenters. The van der Waals surface area contributed by atoms with Gasteiger partial charge >= 0.3 is 12.0 Å². The van der Waals surface area contributed by atoms with Crippen molar-refractivity contribution in [2.24, 2.45) is 5.92 Å². The summed E-state index contributed by atoms with van der Waals surface area (Å²) in [4.78, 5) is 44.4. The highest BCUT2D eigenvalue weighted by Gasteiger charge is 2.39. The molecular weight excluding hydrogens is 464 g/mol. The SMILES string of the molecule is CCOC(=O)C1=C(CN2CCCN(C(=O)C(C)C)CC2)N(C)C(=O)NC1c1ccc(OC)cc1OC. The van der Waals surface area contributed by atoms with E-state index in [1.807, 2.05) is 18.7 Å². The fourth-order valence-electron chi connectivity index (χ4n) is 4.61. The number of nitrogens with zero attached hydrogens (tertiary/aromatic N) is 3. The summed E-state index contributed by atoms with van der Waals surface area (Å²) in [6.07, 6.45) is 0.812. The zero-order valence-electron chi connectivity index (χ0n) is 22.1. The van der Waals surface area contributed by atoms with E-state index in [-0.39, 0.29) is 24.5 Å². The van der Waals surface area contributed by atoms with E-state index in [1.165, 1.54) is 12.0 Å². The molecule has 1 saturated heterocycles. The second kappa shape index (κ2) is 12.1. The summed E-state index contributed by atoms with van der Waals surface area (Å²) >= 11 is 0. The summed E-state index contributed by atoms with van der Waals surface area (Å²) < 4.78 is 16.3. The molecule has 3 rings (SSSR count). The quantitative estimate of drug-likeness (QED) is 0.545. The summed E-state index contributed by atoms with van der Waals surface area (Å²) in [7, 11) is 4.74. The molecule has 1 fully saturated rings. The minimum atomic E-state index is -0.755. The standard InChI is InChI=1S/C26H38N4O6/c1-7-36-25(32)22-20(16-29-11-8-12-30(14-13-29)24(31)17(2)3)28(4)26(33)27-23(22)19-10-9-18(34-5)15-21(19)35-6/h9-10,15,17,23H,7-8,11-14,16H2,1-6H3,(H,27,33). The molecule has 1 N–H and O–H groups in total. The molecule has 0 radical (unpaired) electrons. The largest absolute Gasteiger partial charge is 0.497 e. The Morgan fingerprint density at radius 1 is 1.11 bits per heavy atom. The van der Waals surface area contributed by atoms with Crippen molar-refractivity contribution in [3.8, 4) is 11.5 Å². The van der Waals surface area contributed by atoms with Gasteiger partial charge < -0.3 is 24.4 Å². The molecule has 198 valence electrons. The third kappa shape index (κ3) is 5.92. The molecule has 0 aromatic heterocycles. The van der Waals surface area contributed by atoms with Crippen molar-refractivity contribution in [2.75, 3.05) is 60.6 Å². The first-order valence-electron chi connectivity index (χ1n) is 12.4. The lowest BCUT2D eigenvalue weighted by molar-refractivity contribution is -0.139. The van der Waals surface area contributed by atoms with Crippen LogP contribution >= 0.6 is 0 Å². The fraction of sp³-hybridized carbons (Fsp3) is 0.577. The van der Waals surface area contributed by atoms with Crippen LogP contribution in [0.2, 0.25) is 0 Å². The minimum Gasteiger partial charge on any atom is -0.497 e. The number of hydrogen-bond donors (Lipinski definition) is 1. The van der Waals surface area contributed by atoms with Crippen LogP contribution in [0.3, 0.4) is 0 Å². The molecular formula is C26H38N4O6. The van der Waals surface area contributed by atoms with Crippen molar-refractivity contribution in [1.82, 2.24) is 20.0 Å². The van der Waals surface area contributed by atoms with Gasteiger partial charge in [-0.05, 0) is 25.5 Å². The molecule has 2 aliphatic rings. The van der Waals surface area contributed by atoms with E-state index < -0.39 is 12.0 Å². The van der Waals surface area contributed by atoms with E-state index in [4.69, 9.17) is 14.2 Å². The Balaban J connectivity index is 2.00. The van der Waals surface area contributed by atoms with Gasteiger partial charge in [-0.2, -0.15) is 0 Å². The van der Waals surface area contributed by atoms with Crippen molar-refractivity contribution in [3.63, 3.8) is 0 Å². The molecule has 0 aliphatic carbocycles. The highest BCUT2D eigenvalue weighted by Crippen LogP contribution is 2.37. The molecule has 1 unspecified atom stereocenters. The number of likely N-dealkylation sites (N-methyl/N-ethyl adjacent to an activating group) is 1. The molecule has 3 amide bonds. The van der Waals surface area contributed by atoms with Crippen LogP contribution in [-0.4, -0.2) is 93.2 Å². The number of carbonyl (C=O) groups excluding carboxylic acids is 3. The smallest absolute Gasteiger partial charge is 0.338 e. The predicted octanol–water partition coefficient (Wildman–Crippen LogP) is 2.41. The number of esters is 1. The van der Waals surface area contributed by atoms with Crippen molar-refractivity contribution in [1.29, 1.82) is 0 Å². The first kappa shape index (κ1) is 27.3. The molecule has 1 aromatic carbocycles. The van der Waals surface area contributed by atoms with Gasteiger partial charge in [0.05, 0.1) is 32.4 Å². The van der Waals surface area contributed by atoms with Crippen LogP contribution in [0, 0.1) is 5.92 Å². The zero-order valence-corrected chi connectivity index (χ0v) is 22.1. The Labute approximate surface area is 213 Å². The lowest BCUT2D eigenvalue weighted by atomic mass is 9.93. The molecule has 1 aromatic rings. The molecule has 0 spiro atoms. The summed E-state index contributed by atoms with van der Waals surface area (Å²) in [5.41, 5.74) is 1.57. The minimum absolute atomic E-state index is 0.0527. The highest BCUT2D eigenvalue weighted by atomic mass is 16.5. The van der Waals surface area contributed by atoms with E-state index in [2.05, 4.69) is 10.2 Å². The molecule has 2 heterocycles. The molecule has 0 bridgehead atoms. The summed E-state index contributed by atoms with van der Waals surface area (Å²) in [6, 6.07) is 4.19. The summed E-state index contributed by atoms with van der Waals surface area (Å²) in [6.45, 7) is 8.82. The monoisotopic (exact) mass is 502 g/mol. The number of ether oxygens (including phenoxy) is 3. The topological polar surface area (TPSA) is 101 Å². The van der Waals surface area contributed by atoms with Gasteiger partial charge in [-0.1, -0.05) is 13.8 Å². The van der Waals surface area contributed by atoms with Gasteiger partial charge in [-0.15, -0.1) is 0 Å². The maximum absolute atomic E-state index is 13.3. The maximum Gasteiger partial charge on any atom is 0.338 e. The van der Waals surface area contributed by atoms with Gasteiger partial charge in [0.2, 0.25) is 5.91 Å². The number of benzene rings is 1. The molecule has 2 aliphatic heterocycles. The molecule has 0 saturated carbocycles. The van der Waals surface area contributed by atoms with E-state index >= 15 is 0 Å². The summed E-state index contributed by atoms with van der Waals surface area (Å²) in [5, 5.41) is 2.93. The van der Waals surface area contributed by atoms with E-state index in [9.17, 15) is 14.4 Å². The van der Waals surface area contributed by atoms with Crippen molar-refractivity contribution in [3.05, 3.63) is 35.0 Å². The number of hydrogen-bond acceptors (Lipinski definition) is 7. The third-order valence-electron chi connectivity index (χ3n) is 6.59. The first-order chi connectivity index (χ1) is 17.2. The third-order valence-corrected chi connectivity index (χ3v) is 6.59. The van der Waals surface area contributed by atoms with E-state index in [1.54, 1.807) is 39.3 Å². The van der Waals surface area contributed by atoms with Crippen LogP contribution in [0.4, 0.5) is 4.79 Å². The molecule has 10 heteroatoms. The van der Waals surface area contributed by atoms with Crippen LogP contribution < -0.4 is 14.8 Å². The number of amides is 3. The van der Waals surface area contributed by atoms with Crippen LogP contribution in [-0.2, 0) is 14.3 Å². The van der Waals surface area contributed by atoms with Crippen molar-refractivity contribution >= 4 is 17.9 Å². The zero-order chi connectivity index (χ0) is 26.4. The average molecular weight is 503 g/mol. The number of methoxy groups -OCH3 is 2. The Morgan fingerprint density at radius 3 is 2.50 bits per heavy atom. The average Bonchev–Trinajstić information content (AvgIpc) is 3.11. The Morgan fingerprint density at radius 2 is 1.86 bits per heavy atom. The second-order valence-corrected chi connectivity index (χ2v) is 9.24. The predicted molar refractivity (Wildman–Crippen MR) is 135 cm³/mol. The Hall–Kier alpha value is -3.27. The van der Waals surface area contributed by atoms with Crippen molar-refractivity contribution in [2.45, 2.75) is 33.2 Å². The first-order valence-corrected chi connectivity index (χ1v) is 12.4. The highest BCUT2D eigenvalue weighted by molar-refractivity contribution is 5.95. The Bertz CT molecular complexity index is 1010. The van der Waals surface area contributed by atoms with Gasteiger partial charge in [0.1, 0.15) is 11.5 Å². The van der Waals surface area contributed by atoms with Crippen LogP contribution in [0.1, 0.15) is 38.8 Å². The lowest BCUT2D eigenvalue weighted by Crippen LogP contribution is -2.49. The van der Waals surface area contributed by atoms with Gasteiger partial charge in [-0.25, -0.2) is 9.59 Å². The Kier molecular flexibility index (Phi) is 9.19. The van der Waals surface area contributed by atoms with Crippen LogP contribution in [0.5, 0.6) is 11.5 Å². The number of carbonyl (C=O) groups is 3. The molecule has 10 nitrogen and oxygen atoms in total.